The molecule has 4 N–H and O–H groups in total. The van der Waals surface area contributed by atoms with Crippen LogP contribution in [0.1, 0.15) is 26.2 Å². The number of nitrogens with zero attached hydrogens (tertiary/aromatic N) is 1. The number of hydrogen-bond acceptors (Lipinski definition) is 8. The molecule has 2 rings (SSSR count). The van der Waals surface area contributed by atoms with Crippen molar-refractivity contribution in [3.63, 3.8) is 0 Å². The van der Waals surface area contributed by atoms with E-state index in [1.54, 1.807) is 43.5 Å². The number of ether oxygens (including phenoxy) is 1. The van der Waals surface area contributed by atoms with Gasteiger partial charge in [-0.3, -0.25) is 14.4 Å². The molecule has 0 saturated carbocycles. The summed E-state index contributed by atoms with van der Waals surface area (Å²) in [5.74, 6) is -0.322. The maximum atomic E-state index is 12.2. The second-order valence-corrected chi connectivity index (χ2v) is 8.11. The first-order valence-electron chi connectivity index (χ1n) is 11.2. The number of unbranched alkanes of at least 4 members (excludes halogenated alkanes) is 1. The lowest BCUT2D eigenvalue weighted by molar-refractivity contribution is -0.145. The first-order valence-corrected chi connectivity index (χ1v) is 12.3. The lowest BCUT2D eigenvalue weighted by atomic mass is 10.2. The van der Waals surface area contributed by atoms with Gasteiger partial charge in [0.15, 0.2) is 0 Å². The Bertz CT molecular complexity index is 948. The number of aromatic nitrogens is 1. The minimum Gasteiger partial charge on any atom is -0.465 e. The lowest BCUT2D eigenvalue weighted by Crippen LogP contribution is -2.49. The Morgan fingerprint density at radius 1 is 1.00 bits per heavy atom. The predicted octanol–water partition coefficient (Wildman–Crippen LogP) is 1.08. The molecule has 2 amide bonds. The molecule has 0 radical (unpaired) electrons. The molecule has 190 valence electrons. The summed E-state index contributed by atoms with van der Waals surface area (Å²) in [6.07, 6.45) is 3.39. The second-order valence-electron chi connectivity index (χ2n) is 7.23. The fraction of sp³-hybridized carbons (Fsp3) is 0.391. The van der Waals surface area contributed by atoms with E-state index < -0.39 is 29.2 Å². The number of amides is 2. The SMILES string of the molecule is CCOC(=O)C(CNC(=O)CNC(=O)CCCCNc1ccccn1)NS(=O)Oc1ccccc1. The van der Waals surface area contributed by atoms with Crippen molar-refractivity contribution < 1.29 is 27.5 Å². The molecule has 2 atom stereocenters. The van der Waals surface area contributed by atoms with Gasteiger partial charge >= 0.3 is 5.97 Å². The van der Waals surface area contributed by atoms with Crippen molar-refractivity contribution >= 4 is 34.9 Å². The average molecular weight is 506 g/mol. The van der Waals surface area contributed by atoms with Crippen molar-refractivity contribution in [2.24, 2.45) is 0 Å². The molecule has 0 aliphatic rings. The molecule has 35 heavy (non-hydrogen) atoms. The minimum atomic E-state index is -2.05. The molecule has 12 heteroatoms. The van der Waals surface area contributed by atoms with E-state index in [2.05, 4.69) is 25.7 Å². The van der Waals surface area contributed by atoms with Crippen LogP contribution in [-0.4, -0.2) is 59.3 Å². The summed E-state index contributed by atoms with van der Waals surface area (Å²) in [5.41, 5.74) is 0. The molecule has 0 fully saturated rings. The van der Waals surface area contributed by atoms with Crippen molar-refractivity contribution in [3.05, 3.63) is 54.7 Å². The van der Waals surface area contributed by atoms with Gasteiger partial charge < -0.3 is 24.9 Å². The first-order chi connectivity index (χ1) is 17.0. The van der Waals surface area contributed by atoms with Crippen LogP contribution in [0.25, 0.3) is 0 Å². The topological polar surface area (TPSA) is 148 Å². The first kappa shape index (κ1) is 27.7. The van der Waals surface area contributed by atoms with Crippen molar-refractivity contribution in [1.82, 2.24) is 20.3 Å². The quantitative estimate of drug-likeness (QED) is 0.196. The molecule has 0 bridgehead atoms. The van der Waals surface area contributed by atoms with Crippen LogP contribution in [0.4, 0.5) is 5.82 Å². The van der Waals surface area contributed by atoms with Gasteiger partial charge in [-0.05, 0) is 44.0 Å². The van der Waals surface area contributed by atoms with Gasteiger partial charge in [0.25, 0.3) is 11.3 Å². The molecule has 2 unspecified atom stereocenters. The Morgan fingerprint density at radius 2 is 1.77 bits per heavy atom. The Morgan fingerprint density at radius 3 is 2.49 bits per heavy atom. The van der Waals surface area contributed by atoms with Gasteiger partial charge in [0.2, 0.25) is 11.8 Å². The predicted molar refractivity (Wildman–Crippen MR) is 131 cm³/mol. The number of carbonyl (C=O) groups is 3. The van der Waals surface area contributed by atoms with Crippen LogP contribution in [0.3, 0.4) is 0 Å². The maximum Gasteiger partial charge on any atom is 0.326 e. The molecule has 0 saturated heterocycles. The highest BCUT2D eigenvalue weighted by atomic mass is 32.2. The number of esters is 1. The fourth-order valence-corrected chi connectivity index (χ4v) is 3.51. The fourth-order valence-electron chi connectivity index (χ4n) is 2.76. The van der Waals surface area contributed by atoms with Gasteiger partial charge in [-0.1, -0.05) is 24.3 Å². The number of pyridine rings is 1. The van der Waals surface area contributed by atoms with Crippen molar-refractivity contribution in [2.45, 2.75) is 32.2 Å². The van der Waals surface area contributed by atoms with Gasteiger partial charge in [-0.2, -0.15) is 8.93 Å². The maximum absolute atomic E-state index is 12.2. The monoisotopic (exact) mass is 505 g/mol. The molecule has 1 heterocycles. The standard InChI is InChI=1S/C23H31N5O6S/c1-2-33-23(31)19(28-35(32)34-18-10-4-3-5-11-18)16-26-22(30)17-27-21(29)13-7-9-15-25-20-12-6-8-14-24-20/h3-6,8,10-12,14,19,28H,2,7,9,13,15-17H2,1H3,(H,24,25)(H,26,30)(H,27,29). The molecule has 11 nitrogen and oxygen atoms in total. The number of hydrogen-bond donors (Lipinski definition) is 4. The highest BCUT2D eigenvalue weighted by molar-refractivity contribution is 7.78. The second kappa shape index (κ2) is 16.2. The summed E-state index contributed by atoms with van der Waals surface area (Å²) >= 11 is -2.05. The summed E-state index contributed by atoms with van der Waals surface area (Å²) in [6, 6.07) is 12.9. The van der Waals surface area contributed by atoms with Crippen LogP contribution in [-0.2, 0) is 30.4 Å². The van der Waals surface area contributed by atoms with Crippen LogP contribution in [0.5, 0.6) is 5.75 Å². The largest absolute Gasteiger partial charge is 0.465 e. The van der Waals surface area contributed by atoms with E-state index in [0.29, 0.717) is 18.7 Å². The van der Waals surface area contributed by atoms with Gasteiger partial charge in [-0.25, -0.2) is 4.98 Å². The van der Waals surface area contributed by atoms with Crippen molar-refractivity contribution in [2.75, 3.05) is 31.6 Å². The molecule has 0 spiro atoms. The summed E-state index contributed by atoms with van der Waals surface area (Å²) in [7, 11) is 0. The Kier molecular flexibility index (Phi) is 12.8. The van der Waals surface area contributed by atoms with E-state index in [9.17, 15) is 18.6 Å². The average Bonchev–Trinajstić information content (AvgIpc) is 2.86. The lowest BCUT2D eigenvalue weighted by Gasteiger charge is -2.17. The third-order valence-corrected chi connectivity index (χ3v) is 5.30. The number of para-hydroxylation sites is 1. The van der Waals surface area contributed by atoms with E-state index in [0.717, 1.165) is 12.2 Å². The zero-order chi connectivity index (χ0) is 25.3. The molecule has 2 aromatic rings. The summed E-state index contributed by atoms with van der Waals surface area (Å²) < 4.78 is 24.9. The van der Waals surface area contributed by atoms with E-state index in [4.69, 9.17) is 8.92 Å². The highest BCUT2D eigenvalue weighted by Crippen LogP contribution is 2.09. The summed E-state index contributed by atoms with van der Waals surface area (Å²) in [5, 5.41) is 8.21. The Hall–Kier alpha value is -3.51. The van der Waals surface area contributed by atoms with Crippen LogP contribution >= 0.6 is 0 Å². The third kappa shape index (κ3) is 12.0. The van der Waals surface area contributed by atoms with E-state index >= 15 is 0 Å². The van der Waals surface area contributed by atoms with Gasteiger partial charge in [0.05, 0.1) is 13.2 Å². The summed E-state index contributed by atoms with van der Waals surface area (Å²) in [4.78, 5) is 40.4. The zero-order valence-corrected chi connectivity index (χ0v) is 20.3. The third-order valence-electron chi connectivity index (χ3n) is 4.48. The van der Waals surface area contributed by atoms with Crippen molar-refractivity contribution in [1.29, 1.82) is 0 Å². The van der Waals surface area contributed by atoms with E-state index in [-0.39, 0.29) is 32.0 Å². The highest BCUT2D eigenvalue weighted by Gasteiger charge is 2.23. The van der Waals surface area contributed by atoms with Gasteiger partial charge in [-0.15, -0.1) is 0 Å². The number of carbonyl (C=O) groups excluding carboxylic acids is 3. The van der Waals surface area contributed by atoms with E-state index in [1.165, 1.54) is 0 Å². The molecular weight excluding hydrogens is 474 g/mol. The Balaban J connectivity index is 1.66. The molecular formula is C23H31N5O6S. The number of benzene rings is 1. The number of rotatable bonds is 16. The molecule has 0 aliphatic heterocycles. The molecule has 1 aromatic heterocycles. The van der Waals surface area contributed by atoms with Crippen LogP contribution in [0.15, 0.2) is 54.7 Å². The van der Waals surface area contributed by atoms with Gasteiger partial charge in [0, 0.05) is 25.7 Å². The van der Waals surface area contributed by atoms with Gasteiger partial charge in [0.1, 0.15) is 17.6 Å². The van der Waals surface area contributed by atoms with Crippen LogP contribution in [0.2, 0.25) is 0 Å². The van der Waals surface area contributed by atoms with Crippen molar-refractivity contribution in [3.8, 4) is 5.75 Å². The normalized spacial score (nSPS) is 12.1. The number of nitrogens with one attached hydrogen (secondary N) is 4. The minimum absolute atomic E-state index is 0.116. The number of anilines is 1. The Labute approximate surface area is 207 Å². The zero-order valence-electron chi connectivity index (χ0n) is 19.5. The molecule has 0 aliphatic carbocycles. The van der Waals surface area contributed by atoms with Crippen LogP contribution < -0.4 is 24.9 Å². The van der Waals surface area contributed by atoms with Crippen LogP contribution in [0, 0.1) is 0 Å². The smallest absolute Gasteiger partial charge is 0.326 e. The summed E-state index contributed by atoms with van der Waals surface area (Å²) in [6.45, 7) is 1.99. The molecule has 1 aromatic carbocycles. The van der Waals surface area contributed by atoms with E-state index in [1.807, 2.05) is 18.2 Å².